The maximum atomic E-state index is 12.1. The number of anilines is 1. The molecule has 0 aliphatic carbocycles. The van der Waals surface area contributed by atoms with Crippen LogP contribution >= 0.6 is 11.3 Å². The molecule has 0 aliphatic rings. The van der Waals surface area contributed by atoms with Crippen molar-refractivity contribution in [3.63, 3.8) is 0 Å². The van der Waals surface area contributed by atoms with Gasteiger partial charge in [0.25, 0.3) is 0 Å². The summed E-state index contributed by atoms with van der Waals surface area (Å²) in [5, 5.41) is 3.14. The number of alkyl halides is 3. The van der Waals surface area contributed by atoms with Gasteiger partial charge in [-0.15, -0.1) is 24.5 Å². The van der Waals surface area contributed by atoms with E-state index in [-0.39, 0.29) is 11.7 Å². The topological polar surface area (TPSA) is 51.2 Å². The van der Waals surface area contributed by atoms with E-state index in [4.69, 9.17) is 0 Å². The number of nitrogens with one attached hydrogen (secondary N) is 1. The molecule has 0 aliphatic heterocycles. The molecule has 1 N–H and O–H groups in total. The van der Waals surface area contributed by atoms with Crippen LogP contribution in [0.4, 0.5) is 18.3 Å². The van der Waals surface area contributed by atoms with E-state index < -0.39 is 6.36 Å². The van der Waals surface area contributed by atoms with Gasteiger partial charge in [0.15, 0.2) is 5.13 Å². The quantitative estimate of drug-likeness (QED) is 0.801. The van der Waals surface area contributed by atoms with Crippen LogP contribution in [0.2, 0.25) is 0 Å². The predicted molar refractivity (Wildman–Crippen MR) is 86.1 cm³/mol. The smallest absolute Gasteiger partial charge is 0.406 e. The number of carbonyl (C=O) groups excluding carboxylic acids is 1. The number of amides is 1. The highest BCUT2D eigenvalue weighted by Crippen LogP contribution is 2.25. The molecule has 0 saturated heterocycles. The number of hydrogen-bond acceptors (Lipinski definition) is 4. The van der Waals surface area contributed by atoms with Crippen LogP contribution in [0.3, 0.4) is 0 Å². The molecule has 8 heteroatoms. The highest BCUT2D eigenvalue weighted by Gasteiger charge is 2.30. The number of allylic oxidation sites excluding steroid dienone is 1. The lowest BCUT2D eigenvalue weighted by Gasteiger charge is -2.08. The second-order valence-electron chi connectivity index (χ2n) is 5.21. The third kappa shape index (κ3) is 6.04. The van der Waals surface area contributed by atoms with E-state index in [1.807, 2.05) is 13.8 Å². The number of thiazole rings is 1. The first-order valence-electron chi connectivity index (χ1n) is 6.96. The summed E-state index contributed by atoms with van der Waals surface area (Å²) in [7, 11) is 0. The standard InChI is InChI=1S/C16H15F3N2O2S/c1-10(2)7-14(22)21-15-20-9-13(24-15)8-11-3-5-12(6-4-11)23-16(17,18)19/h3-7,9H,8H2,1-2H3,(H,20,21,22). The zero-order chi connectivity index (χ0) is 17.7. The van der Waals surface area contributed by atoms with Gasteiger partial charge in [-0.1, -0.05) is 17.7 Å². The number of hydrogen-bond donors (Lipinski definition) is 1. The number of nitrogens with zero attached hydrogens (tertiary/aromatic N) is 1. The fourth-order valence-corrected chi connectivity index (χ4v) is 2.71. The van der Waals surface area contributed by atoms with E-state index in [1.54, 1.807) is 18.3 Å². The molecule has 24 heavy (non-hydrogen) atoms. The average molecular weight is 356 g/mol. The highest BCUT2D eigenvalue weighted by atomic mass is 32.1. The lowest BCUT2D eigenvalue weighted by Crippen LogP contribution is -2.17. The summed E-state index contributed by atoms with van der Waals surface area (Å²) in [5.41, 5.74) is 1.70. The van der Waals surface area contributed by atoms with Crippen molar-refractivity contribution in [2.75, 3.05) is 5.32 Å². The van der Waals surface area contributed by atoms with Crippen LogP contribution in [0.15, 0.2) is 42.1 Å². The van der Waals surface area contributed by atoms with Crippen molar-refractivity contribution in [1.82, 2.24) is 4.98 Å². The second-order valence-corrected chi connectivity index (χ2v) is 6.33. The van der Waals surface area contributed by atoms with Gasteiger partial charge in [0.1, 0.15) is 5.75 Å². The third-order valence-electron chi connectivity index (χ3n) is 2.74. The Morgan fingerprint density at radius 2 is 1.96 bits per heavy atom. The number of rotatable bonds is 5. The van der Waals surface area contributed by atoms with Crippen LogP contribution in [0, 0.1) is 0 Å². The van der Waals surface area contributed by atoms with Crippen LogP contribution in [0.5, 0.6) is 5.75 Å². The minimum atomic E-state index is -4.70. The van der Waals surface area contributed by atoms with Gasteiger partial charge in [-0.3, -0.25) is 10.1 Å². The predicted octanol–water partition coefficient (Wildman–Crippen LogP) is 4.54. The Morgan fingerprint density at radius 3 is 2.54 bits per heavy atom. The molecule has 0 fully saturated rings. The molecule has 4 nitrogen and oxygen atoms in total. The zero-order valence-electron chi connectivity index (χ0n) is 13.0. The molecule has 1 aromatic heterocycles. The Kier molecular flexibility index (Phi) is 5.61. The van der Waals surface area contributed by atoms with Crippen LogP contribution < -0.4 is 10.1 Å². The molecule has 2 rings (SSSR count). The Balaban J connectivity index is 1.97. The van der Waals surface area contributed by atoms with Crippen molar-refractivity contribution >= 4 is 22.4 Å². The van der Waals surface area contributed by atoms with Crippen molar-refractivity contribution in [3.05, 3.63) is 52.6 Å². The Labute approximate surface area is 141 Å². The van der Waals surface area contributed by atoms with Crippen molar-refractivity contribution in [1.29, 1.82) is 0 Å². The highest BCUT2D eigenvalue weighted by molar-refractivity contribution is 7.15. The molecule has 1 aromatic carbocycles. The van der Waals surface area contributed by atoms with Gasteiger partial charge in [0.05, 0.1) is 0 Å². The zero-order valence-corrected chi connectivity index (χ0v) is 13.8. The molecular weight excluding hydrogens is 341 g/mol. The molecule has 1 amide bonds. The molecule has 0 atom stereocenters. The summed E-state index contributed by atoms with van der Waals surface area (Å²) in [6.45, 7) is 3.64. The molecule has 0 saturated carbocycles. The molecular formula is C16H15F3N2O2S. The third-order valence-corrected chi connectivity index (χ3v) is 3.65. The van der Waals surface area contributed by atoms with E-state index in [9.17, 15) is 18.0 Å². The van der Waals surface area contributed by atoms with Crippen LogP contribution in [-0.2, 0) is 11.2 Å². The minimum Gasteiger partial charge on any atom is -0.406 e. The maximum Gasteiger partial charge on any atom is 0.573 e. The van der Waals surface area contributed by atoms with E-state index in [2.05, 4.69) is 15.0 Å². The molecule has 0 radical (unpaired) electrons. The summed E-state index contributed by atoms with van der Waals surface area (Å²) in [6, 6.07) is 5.65. The van der Waals surface area contributed by atoms with Gasteiger partial charge in [-0.05, 0) is 31.5 Å². The molecule has 1 heterocycles. The lowest BCUT2D eigenvalue weighted by atomic mass is 10.1. The summed E-state index contributed by atoms with van der Waals surface area (Å²) in [6.07, 6.45) is -1.09. The van der Waals surface area contributed by atoms with Gasteiger partial charge in [0, 0.05) is 23.6 Å². The Hall–Kier alpha value is -2.35. The normalized spacial score (nSPS) is 11.0. The van der Waals surface area contributed by atoms with Crippen molar-refractivity contribution in [3.8, 4) is 5.75 Å². The first-order chi connectivity index (χ1) is 11.2. The van der Waals surface area contributed by atoms with Crippen molar-refractivity contribution in [2.45, 2.75) is 26.6 Å². The number of carbonyl (C=O) groups is 1. The number of aromatic nitrogens is 1. The minimum absolute atomic E-state index is 0.246. The molecule has 128 valence electrons. The van der Waals surface area contributed by atoms with Crippen molar-refractivity contribution in [2.24, 2.45) is 0 Å². The van der Waals surface area contributed by atoms with E-state index >= 15 is 0 Å². The summed E-state index contributed by atoms with van der Waals surface area (Å²) >= 11 is 1.31. The number of benzene rings is 1. The van der Waals surface area contributed by atoms with Gasteiger partial charge in [-0.25, -0.2) is 4.98 Å². The lowest BCUT2D eigenvalue weighted by molar-refractivity contribution is -0.274. The van der Waals surface area contributed by atoms with Gasteiger partial charge in [0.2, 0.25) is 5.91 Å². The van der Waals surface area contributed by atoms with E-state index in [1.165, 1.54) is 29.5 Å². The first kappa shape index (κ1) is 18.0. The molecule has 0 unspecified atom stereocenters. The Morgan fingerprint density at radius 1 is 1.29 bits per heavy atom. The van der Waals surface area contributed by atoms with E-state index in [0.29, 0.717) is 11.6 Å². The molecule has 0 spiro atoms. The SMILES string of the molecule is CC(C)=CC(=O)Nc1ncc(Cc2ccc(OC(F)(F)F)cc2)s1. The largest absolute Gasteiger partial charge is 0.573 e. The maximum absolute atomic E-state index is 12.1. The number of ether oxygens (including phenoxy) is 1. The van der Waals surface area contributed by atoms with E-state index in [0.717, 1.165) is 16.0 Å². The van der Waals surface area contributed by atoms with Gasteiger partial charge in [-0.2, -0.15) is 0 Å². The van der Waals surface area contributed by atoms with Crippen LogP contribution in [-0.4, -0.2) is 17.3 Å². The van der Waals surface area contributed by atoms with Gasteiger partial charge >= 0.3 is 6.36 Å². The fraction of sp³-hybridized carbons (Fsp3) is 0.250. The Bertz CT molecular complexity index is 733. The molecule has 0 bridgehead atoms. The molecule has 2 aromatic rings. The average Bonchev–Trinajstić information content (AvgIpc) is 2.85. The first-order valence-corrected chi connectivity index (χ1v) is 7.78. The fourth-order valence-electron chi connectivity index (χ4n) is 1.86. The van der Waals surface area contributed by atoms with Crippen LogP contribution in [0.1, 0.15) is 24.3 Å². The monoisotopic (exact) mass is 356 g/mol. The van der Waals surface area contributed by atoms with Gasteiger partial charge < -0.3 is 4.74 Å². The van der Waals surface area contributed by atoms with Crippen LogP contribution in [0.25, 0.3) is 0 Å². The summed E-state index contributed by atoms with van der Waals surface area (Å²) in [4.78, 5) is 16.6. The summed E-state index contributed by atoms with van der Waals surface area (Å²) < 4.78 is 40.1. The van der Waals surface area contributed by atoms with Crippen molar-refractivity contribution < 1.29 is 22.7 Å². The second kappa shape index (κ2) is 7.48. The number of halogens is 3. The summed E-state index contributed by atoms with van der Waals surface area (Å²) in [5.74, 6) is -0.505.